The molecule has 0 aliphatic rings. The Kier molecular flexibility index (Phi) is 5.10. The predicted octanol–water partition coefficient (Wildman–Crippen LogP) is 2.78. The maximum Gasteiger partial charge on any atom is 0.573 e. The van der Waals surface area contributed by atoms with Gasteiger partial charge in [0.15, 0.2) is 0 Å². The Morgan fingerprint density at radius 2 is 1.71 bits per heavy atom. The van der Waals surface area contributed by atoms with Gasteiger partial charge in [-0.1, -0.05) is 12.1 Å². The molecule has 0 amide bonds. The molecular formula is C12H12F5NO3. The van der Waals surface area contributed by atoms with Gasteiger partial charge in [-0.25, -0.2) is 4.79 Å². The lowest BCUT2D eigenvalue weighted by atomic mass is 10.0. The number of carbonyl (C=O) groups is 1. The van der Waals surface area contributed by atoms with E-state index in [1.54, 1.807) is 0 Å². The zero-order chi connectivity index (χ0) is 16.3. The van der Waals surface area contributed by atoms with Gasteiger partial charge in [-0.2, -0.15) is 8.78 Å². The minimum Gasteiger partial charge on any atom is -0.462 e. The minimum atomic E-state index is -4.89. The van der Waals surface area contributed by atoms with Crippen molar-refractivity contribution in [1.82, 2.24) is 0 Å². The Morgan fingerprint density at radius 3 is 2.14 bits per heavy atom. The Bertz CT molecular complexity index is 487. The van der Waals surface area contributed by atoms with E-state index in [2.05, 4.69) is 9.47 Å². The summed E-state index contributed by atoms with van der Waals surface area (Å²) in [6.45, 7) is 1.10. The van der Waals surface area contributed by atoms with Crippen LogP contribution in [-0.2, 0) is 9.53 Å². The summed E-state index contributed by atoms with van der Waals surface area (Å²) < 4.78 is 70.9. The summed E-state index contributed by atoms with van der Waals surface area (Å²) in [5.41, 5.74) is 5.03. The predicted molar refractivity (Wildman–Crippen MR) is 61.6 cm³/mol. The number of hydrogen-bond acceptors (Lipinski definition) is 4. The third-order valence-corrected chi connectivity index (χ3v) is 2.41. The fraction of sp³-hybridized carbons (Fsp3) is 0.417. The average Bonchev–Trinajstić information content (AvgIpc) is 2.37. The fourth-order valence-corrected chi connectivity index (χ4v) is 1.44. The average molecular weight is 313 g/mol. The Morgan fingerprint density at radius 1 is 1.19 bits per heavy atom. The van der Waals surface area contributed by atoms with Crippen molar-refractivity contribution in [2.45, 2.75) is 25.3 Å². The summed E-state index contributed by atoms with van der Waals surface area (Å²) in [5, 5.41) is 0. The molecule has 0 fully saturated rings. The van der Waals surface area contributed by atoms with Crippen LogP contribution in [0.5, 0.6) is 5.75 Å². The van der Waals surface area contributed by atoms with Crippen LogP contribution >= 0.6 is 0 Å². The smallest absolute Gasteiger partial charge is 0.462 e. The maximum atomic E-state index is 13.6. The molecule has 0 radical (unpaired) electrons. The second-order valence-electron chi connectivity index (χ2n) is 3.94. The molecule has 0 spiro atoms. The first-order chi connectivity index (χ1) is 9.58. The molecule has 0 saturated heterocycles. The van der Waals surface area contributed by atoms with Crippen molar-refractivity contribution >= 4 is 5.97 Å². The zero-order valence-electron chi connectivity index (χ0n) is 10.8. The highest BCUT2D eigenvalue weighted by Crippen LogP contribution is 2.32. The fourth-order valence-electron chi connectivity index (χ4n) is 1.44. The zero-order valence-corrected chi connectivity index (χ0v) is 10.8. The van der Waals surface area contributed by atoms with Gasteiger partial charge in [0, 0.05) is 0 Å². The molecule has 0 aromatic heterocycles. The van der Waals surface area contributed by atoms with Gasteiger partial charge < -0.3 is 15.2 Å². The standard InChI is InChI=1S/C12H12F5NO3/c1-2-20-10(19)11(13,14)9(18)7-3-5-8(6-4-7)21-12(15,16)17/h3-6,9H,2,18H2,1H3/t9-/m0/s1. The first kappa shape index (κ1) is 17.2. The molecule has 1 atom stereocenters. The van der Waals surface area contributed by atoms with E-state index < -0.39 is 30.0 Å². The van der Waals surface area contributed by atoms with Crippen LogP contribution in [0.2, 0.25) is 0 Å². The van der Waals surface area contributed by atoms with Crippen LogP contribution in [0.1, 0.15) is 18.5 Å². The summed E-state index contributed by atoms with van der Waals surface area (Å²) in [6, 6.07) is 1.43. The summed E-state index contributed by atoms with van der Waals surface area (Å²) >= 11 is 0. The van der Waals surface area contributed by atoms with E-state index in [-0.39, 0.29) is 12.2 Å². The lowest BCUT2D eigenvalue weighted by Gasteiger charge is -2.22. The molecule has 4 nitrogen and oxygen atoms in total. The first-order valence-electron chi connectivity index (χ1n) is 5.74. The van der Waals surface area contributed by atoms with E-state index in [1.807, 2.05) is 0 Å². The number of nitrogens with two attached hydrogens (primary N) is 1. The van der Waals surface area contributed by atoms with E-state index in [9.17, 15) is 26.7 Å². The number of esters is 1. The molecule has 0 aliphatic carbocycles. The van der Waals surface area contributed by atoms with Crippen LogP contribution in [0.3, 0.4) is 0 Å². The summed E-state index contributed by atoms with van der Waals surface area (Å²) in [4.78, 5) is 11.1. The monoisotopic (exact) mass is 313 g/mol. The van der Waals surface area contributed by atoms with Gasteiger partial charge in [0.25, 0.3) is 0 Å². The first-order valence-corrected chi connectivity index (χ1v) is 5.74. The maximum absolute atomic E-state index is 13.6. The van der Waals surface area contributed by atoms with E-state index in [0.29, 0.717) is 0 Å². The highest BCUT2D eigenvalue weighted by Gasteiger charge is 2.47. The van der Waals surface area contributed by atoms with E-state index in [0.717, 1.165) is 24.3 Å². The Labute approximate surface area is 116 Å². The van der Waals surface area contributed by atoms with Crippen molar-refractivity contribution in [3.63, 3.8) is 0 Å². The van der Waals surface area contributed by atoms with Crippen LogP contribution in [0.25, 0.3) is 0 Å². The minimum absolute atomic E-state index is 0.234. The molecule has 0 unspecified atom stereocenters. The molecule has 9 heteroatoms. The van der Waals surface area contributed by atoms with Crippen LogP contribution in [0.4, 0.5) is 22.0 Å². The third-order valence-electron chi connectivity index (χ3n) is 2.41. The summed E-state index contributed by atoms with van der Waals surface area (Å²) in [5.74, 6) is -6.38. The van der Waals surface area contributed by atoms with Crippen LogP contribution in [0, 0.1) is 0 Å². The summed E-state index contributed by atoms with van der Waals surface area (Å²) in [6.07, 6.45) is -4.89. The lowest BCUT2D eigenvalue weighted by Crippen LogP contribution is -2.41. The molecule has 0 bridgehead atoms. The van der Waals surface area contributed by atoms with Gasteiger partial charge in [0.05, 0.1) is 6.61 Å². The van der Waals surface area contributed by atoms with Crippen molar-refractivity contribution < 1.29 is 36.2 Å². The summed E-state index contributed by atoms with van der Waals surface area (Å²) in [7, 11) is 0. The van der Waals surface area contributed by atoms with Gasteiger partial charge >= 0.3 is 18.3 Å². The SMILES string of the molecule is CCOC(=O)C(F)(F)[C@@H](N)c1ccc(OC(F)(F)F)cc1. The quantitative estimate of drug-likeness (QED) is 0.671. The van der Waals surface area contributed by atoms with Crippen molar-refractivity contribution in [3.8, 4) is 5.75 Å². The Balaban J connectivity index is 2.88. The topological polar surface area (TPSA) is 61.5 Å². The van der Waals surface area contributed by atoms with Gasteiger partial charge in [0.1, 0.15) is 11.8 Å². The largest absolute Gasteiger partial charge is 0.573 e. The van der Waals surface area contributed by atoms with E-state index in [4.69, 9.17) is 5.73 Å². The van der Waals surface area contributed by atoms with Gasteiger partial charge in [-0.05, 0) is 24.6 Å². The normalized spacial score (nSPS) is 13.7. The number of ether oxygens (including phenoxy) is 2. The van der Waals surface area contributed by atoms with Gasteiger partial charge in [-0.15, -0.1) is 13.2 Å². The highest BCUT2D eigenvalue weighted by molar-refractivity contribution is 5.78. The van der Waals surface area contributed by atoms with Crippen LogP contribution in [0.15, 0.2) is 24.3 Å². The molecule has 0 saturated carbocycles. The van der Waals surface area contributed by atoms with Gasteiger partial charge in [-0.3, -0.25) is 0 Å². The van der Waals surface area contributed by atoms with Gasteiger partial charge in [0.2, 0.25) is 0 Å². The van der Waals surface area contributed by atoms with Crippen LogP contribution in [-0.4, -0.2) is 24.9 Å². The highest BCUT2D eigenvalue weighted by atomic mass is 19.4. The van der Waals surface area contributed by atoms with E-state index >= 15 is 0 Å². The molecule has 1 aromatic carbocycles. The van der Waals surface area contributed by atoms with Crippen LogP contribution < -0.4 is 10.5 Å². The van der Waals surface area contributed by atoms with Crippen molar-refractivity contribution in [3.05, 3.63) is 29.8 Å². The molecule has 21 heavy (non-hydrogen) atoms. The van der Waals surface area contributed by atoms with Crippen molar-refractivity contribution in [2.24, 2.45) is 5.73 Å². The molecule has 2 N–H and O–H groups in total. The molecule has 0 aliphatic heterocycles. The number of benzene rings is 1. The number of alkyl halides is 5. The molecular weight excluding hydrogens is 301 g/mol. The molecule has 1 aromatic rings. The number of carbonyl (C=O) groups excluding carboxylic acids is 1. The second kappa shape index (κ2) is 6.25. The second-order valence-corrected chi connectivity index (χ2v) is 3.94. The molecule has 0 heterocycles. The molecule has 1 rings (SSSR count). The number of halogens is 5. The number of hydrogen-bond donors (Lipinski definition) is 1. The third kappa shape index (κ3) is 4.55. The van der Waals surface area contributed by atoms with Crippen molar-refractivity contribution in [1.29, 1.82) is 0 Å². The molecule has 118 valence electrons. The van der Waals surface area contributed by atoms with E-state index in [1.165, 1.54) is 6.92 Å². The Hall–Kier alpha value is -1.90. The lowest BCUT2D eigenvalue weighted by molar-refractivity contribution is -0.274. The van der Waals surface area contributed by atoms with Crippen molar-refractivity contribution in [2.75, 3.05) is 6.61 Å². The number of rotatable bonds is 5.